The Balaban J connectivity index is 1.62. The Labute approximate surface area is 270 Å². The first-order valence-corrected chi connectivity index (χ1v) is 14.7. The van der Waals surface area contributed by atoms with Gasteiger partial charge in [-0.15, -0.1) is 0 Å². The molecule has 0 spiro atoms. The summed E-state index contributed by atoms with van der Waals surface area (Å²) in [7, 11) is 1.44. The number of aromatic nitrogens is 1. The van der Waals surface area contributed by atoms with Gasteiger partial charge in [0.1, 0.15) is 5.75 Å². The first-order valence-electron chi connectivity index (χ1n) is 14.3. The van der Waals surface area contributed by atoms with E-state index in [9.17, 15) is 24.0 Å². The molecule has 1 heterocycles. The number of hydrogen-bond donors (Lipinski definition) is 0. The van der Waals surface area contributed by atoms with Gasteiger partial charge in [0.2, 0.25) is 6.79 Å². The molecule has 0 radical (unpaired) electrons. The highest BCUT2D eigenvalue weighted by Crippen LogP contribution is 2.34. The van der Waals surface area contributed by atoms with Crippen LogP contribution in [0.3, 0.4) is 0 Å². The van der Waals surface area contributed by atoms with Gasteiger partial charge in [-0.25, -0.2) is 9.59 Å². The zero-order valence-corrected chi connectivity index (χ0v) is 26.2. The number of rotatable bonds is 13. The zero-order valence-electron chi connectivity index (χ0n) is 25.5. The molecule has 1 aromatic heterocycles. The SMILES string of the molecule is CCOC(=O)OCOC(=O)c1ccc(CC(=O)C(Cc2ccccc2)n2cc(OC)c(-c3cc(Cl)ccc3C(C)=O)cc2=O)cc1. The van der Waals surface area contributed by atoms with Gasteiger partial charge < -0.3 is 23.5 Å². The molecule has 0 N–H and O–H groups in total. The molecule has 0 aliphatic heterocycles. The lowest BCUT2D eigenvalue weighted by atomic mass is 9.95. The maximum atomic E-state index is 13.9. The highest BCUT2D eigenvalue weighted by atomic mass is 35.5. The topological polar surface area (TPSA) is 127 Å². The van der Waals surface area contributed by atoms with E-state index in [2.05, 4.69) is 9.47 Å². The largest absolute Gasteiger partial charge is 0.511 e. The molecule has 0 saturated carbocycles. The van der Waals surface area contributed by atoms with Gasteiger partial charge >= 0.3 is 12.1 Å². The van der Waals surface area contributed by atoms with Crippen LogP contribution in [0.4, 0.5) is 4.79 Å². The average molecular weight is 646 g/mol. The van der Waals surface area contributed by atoms with Gasteiger partial charge in [-0.1, -0.05) is 54.1 Å². The summed E-state index contributed by atoms with van der Waals surface area (Å²) < 4.78 is 21.2. The van der Waals surface area contributed by atoms with E-state index in [1.807, 2.05) is 30.3 Å². The summed E-state index contributed by atoms with van der Waals surface area (Å²) in [4.78, 5) is 63.5. The lowest BCUT2D eigenvalue weighted by Gasteiger charge is -2.22. The van der Waals surface area contributed by atoms with Gasteiger partial charge in [0.05, 0.1) is 31.5 Å². The number of carbonyl (C=O) groups is 4. The molecule has 0 fully saturated rings. The lowest BCUT2D eigenvalue weighted by molar-refractivity contribution is -0.121. The third-order valence-electron chi connectivity index (χ3n) is 7.09. The molecule has 0 bridgehead atoms. The molecule has 3 aromatic carbocycles. The first kappa shape index (κ1) is 33.7. The van der Waals surface area contributed by atoms with Crippen LogP contribution in [-0.2, 0) is 31.8 Å². The van der Waals surface area contributed by atoms with Crippen LogP contribution in [0, 0.1) is 0 Å². The van der Waals surface area contributed by atoms with E-state index in [1.165, 1.54) is 43.0 Å². The Bertz CT molecular complexity index is 1780. The minimum atomic E-state index is -0.953. The highest BCUT2D eigenvalue weighted by Gasteiger charge is 2.25. The maximum absolute atomic E-state index is 13.9. The Kier molecular flexibility index (Phi) is 11.5. The van der Waals surface area contributed by atoms with Crippen molar-refractivity contribution >= 4 is 35.3 Å². The second kappa shape index (κ2) is 15.7. The number of ether oxygens (including phenoxy) is 4. The van der Waals surface area contributed by atoms with Crippen LogP contribution in [0.1, 0.15) is 51.7 Å². The number of carbonyl (C=O) groups excluding carboxylic acids is 4. The summed E-state index contributed by atoms with van der Waals surface area (Å²) in [6.45, 7) is 2.55. The molecular formula is C35H32ClNO9. The van der Waals surface area contributed by atoms with Crippen molar-refractivity contribution in [2.24, 2.45) is 0 Å². The molecule has 1 atom stereocenters. The van der Waals surface area contributed by atoms with Crippen LogP contribution in [0.25, 0.3) is 11.1 Å². The van der Waals surface area contributed by atoms with E-state index < -0.39 is 30.5 Å². The second-order valence-corrected chi connectivity index (χ2v) is 10.6. The number of benzene rings is 3. The summed E-state index contributed by atoms with van der Waals surface area (Å²) in [5.41, 5.74) is 2.34. The third-order valence-corrected chi connectivity index (χ3v) is 7.33. The van der Waals surface area contributed by atoms with Crippen molar-refractivity contribution in [2.75, 3.05) is 20.5 Å². The molecule has 4 aromatic rings. The fourth-order valence-electron chi connectivity index (χ4n) is 4.85. The number of halogens is 1. The normalized spacial score (nSPS) is 11.3. The molecule has 46 heavy (non-hydrogen) atoms. The number of methoxy groups -OCH3 is 1. The summed E-state index contributed by atoms with van der Waals surface area (Å²) >= 11 is 6.24. The minimum Gasteiger partial charge on any atom is -0.495 e. The van der Waals surface area contributed by atoms with Gasteiger partial charge in [-0.3, -0.25) is 14.4 Å². The van der Waals surface area contributed by atoms with Gasteiger partial charge in [-0.2, -0.15) is 0 Å². The number of pyridine rings is 1. The van der Waals surface area contributed by atoms with Crippen molar-refractivity contribution in [1.82, 2.24) is 4.57 Å². The van der Waals surface area contributed by atoms with Gasteiger partial charge in [0.25, 0.3) is 5.56 Å². The van der Waals surface area contributed by atoms with Gasteiger partial charge in [-0.05, 0) is 60.9 Å². The lowest BCUT2D eigenvalue weighted by Crippen LogP contribution is -2.32. The van der Waals surface area contributed by atoms with Crippen molar-refractivity contribution in [3.8, 4) is 16.9 Å². The molecule has 238 valence electrons. The molecule has 0 amide bonds. The van der Waals surface area contributed by atoms with E-state index in [0.717, 1.165) is 5.56 Å². The van der Waals surface area contributed by atoms with Gasteiger partial charge in [0, 0.05) is 35.1 Å². The third kappa shape index (κ3) is 8.48. The zero-order chi connectivity index (χ0) is 33.2. The predicted octanol–water partition coefficient (Wildman–Crippen LogP) is 6.26. The molecule has 1 unspecified atom stereocenters. The monoisotopic (exact) mass is 645 g/mol. The van der Waals surface area contributed by atoms with Crippen molar-refractivity contribution < 1.29 is 38.1 Å². The molecular weight excluding hydrogens is 614 g/mol. The number of nitrogens with zero attached hydrogens (tertiary/aromatic N) is 1. The summed E-state index contributed by atoms with van der Waals surface area (Å²) in [6, 6.07) is 20.7. The van der Waals surface area contributed by atoms with Crippen LogP contribution in [-0.4, -0.2) is 48.8 Å². The second-order valence-electron chi connectivity index (χ2n) is 10.2. The van der Waals surface area contributed by atoms with Crippen molar-refractivity contribution in [3.63, 3.8) is 0 Å². The van der Waals surface area contributed by atoms with Crippen LogP contribution in [0.5, 0.6) is 5.75 Å². The molecule has 0 aliphatic rings. The van der Waals surface area contributed by atoms with Crippen molar-refractivity contribution in [1.29, 1.82) is 0 Å². The highest BCUT2D eigenvalue weighted by molar-refractivity contribution is 6.31. The van der Waals surface area contributed by atoms with E-state index in [4.69, 9.17) is 21.1 Å². The fraction of sp³-hybridized carbons (Fsp3) is 0.229. The van der Waals surface area contributed by atoms with Gasteiger partial charge in [0.15, 0.2) is 11.6 Å². The van der Waals surface area contributed by atoms with Crippen LogP contribution in [0.15, 0.2) is 89.9 Å². The minimum absolute atomic E-state index is 0.0436. The molecule has 11 heteroatoms. The first-order chi connectivity index (χ1) is 22.1. The summed E-state index contributed by atoms with van der Waals surface area (Å²) in [5, 5.41) is 0.382. The molecule has 0 aliphatic carbocycles. The van der Waals surface area contributed by atoms with E-state index >= 15 is 0 Å². The Morgan fingerprint density at radius 2 is 1.57 bits per heavy atom. The Morgan fingerprint density at radius 3 is 2.22 bits per heavy atom. The Hall–Kier alpha value is -5.22. The number of esters is 1. The molecule has 10 nitrogen and oxygen atoms in total. The molecule has 4 rings (SSSR count). The van der Waals surface area contributed by atoms with Crippen LogP contribution < -0.4 is 10.3 Å². The standard InChI is InChI=1S/C35H32ClNO9/c1-4-44-35(42)46-21-45-34(41)25-12-10-24(11-13-25)17-31(39)30(16-23-8-6-5-7-9-23)37-20-32(43-3)29(19-33(37)40)28-18-26(36)14-15-27(28)22(2)38/h5-15,18-20,30H,4,16-17,21H2,1-3H3. The van der Waals surface area contributed by atoms with E-state index in [1.54, 1.807) is 37.3 Å². The maximum Gasteiger partial charge on any atom is 0.511 e. The summed E-state index contributed by atoms with van der Waals surface area (Å²) in [5.74, 6) is -0.911. The number of hydrogen-bond acceptors (Lipinski definition) is 9. The number of Topliss-reactive ketones (excluding diaryl/α,β-unsaturated/α-hetero) is 2. The van der Waals surface area contributed by atoms with Crippen molar-refractivity contribution in [2.45, 2.75) is 32.7 Å². The fourth-order valence-corrected chi connectivity index (χ4v) is 5.02. The van der Waals surface area contributed by atoms with E-state index in [-0.39, 0.29) is 42.3 Å². The Morgan fingerprint density at radius 1 is 0.848 bits per heavy atom. The predicted molar refractivity (Wildman–Crippen MR) is 170 cm³/mol. The quantitative estimate of drug-likeness (QED) is 0.0940. The number of ketones is 2. The summed E-state index contributed by atoms with van der Waals surface area (Å²) in [6.07, 6.45) is 0.706. The average Bonchev–Trinajstić information content (AvgIpc) is 3.04. The van der Waals surface area contributed by atoms with E-state index in [0.29, 0.717) is 27.3 Å². The van der Waals surface area contributed by atoms with Crippen LogP contribution in [0.2, 0.25) is 5.02 Å². The van der Waals surface area contributed by atoms with Crippen LogP contribution >= 0.6 is 11.6 Å². The molecule has 0 saturated heterocycles. The smallest absolute Gasteiger partial charge is 0.495 e. The van der Waals surface area contributed by atoms with Crippen molar-refractivity contribution in [3.05, 3.63) is 123 Å².